The Morgan fingerprint density at radius 3 is 2.50 bits per heavy atom. The van der Waals surface area contributed by atoms with Gasteiger partial charge in [0.1, 0.15) is 5.82 Å². The minimum atomic E-state index is -0.764. The van der Waals surface area contributed by atoms with E-state index < -0.39 is 11.6 Å². The van der Waals surface area contributed by atoms with Crippen molar-refractivity contribution in [3.8, 4) is 0 Å². The lowest BCUT2D eigenvalue weighted by molar-refractivity contribution is 0.586. The molecule has 0 atom stereocenters. The molecule has 5 heteroatoms. The maximum atomic E-state index is 13.6. The smallest absolute Gasteiger partial charge is 0.151 e. The maximum Gasteiger partial charge on any atom is 0.151 e. The summed E-state index contributed by atoms with van der Waals surface area (Å²) in [6, 6.07) is 7.09. The van der Waals surface area contributed by atoms with Crippen molar-refractivity contribution < 1.29 is 8.78 Å². The number of nitrogen functional groups attached to an aromatic ring is 1. The highest BCUT2D eigenvalue weighted by atomic mass is 35.5. The van der Waals surface area contributed by atoms with E-state index in [4.69, 9.17) is 17.3 Å². The van der Waals surface area contributed by atoms with Gasteiger partial charge in [0.05, 0.1) is 22.1 Å². The number of anilines is 3. The lowest BCUT2D eigenvalue weighted by Gasteiger charge is -2.12. The average molecular weight is 269 g/mol. The summed E-state index contributed by atoms with van der Waals surface area (Å²) in [4.78, 5) is 0. The predicted octanol–water partition coefficient (Wildman–Crippen LogP) is 4.25. The molecular weight excluding hydrogens is 258 g/mol. The second-order valence-corrected chi connectivity index (χ2v) is 4.37. The fourth-order valence-corrected chi connectivity index (χ4v) is 1.83. The molecule has 0 fully saturated rings. The summed E-state index contributed by atoms with van der Waals surface area (Å²) < 4.78 is 26.5. The molecule has 0 bridgehead atoms. The van der Waals surface area contributed by atoms with E-state index in [9.17, 15) is 8.78 Å². The third kappa shape index (κ3) is 2.54. The minimum absolute atomic E-state index is 0.00798. The van der Waals surface area contributed by atoms with Gasteiger partial charge in [-0.1, -0.05) is 17.7 Å². The predicted molar refractivity (Wildman–Crippen MR) is 70.2 cm³/mol. The molecule has 0 spiro atoms. The van der Waals surface area contributed by atoms with Crippen LogP contribution in [0.4, 0.5) is 25.8 Å². The van der Waals surface area contributed by atoms with Gasteiger partial charge in [-0.25, -0.2) is 8.78 Å². The highest BCUT2D eigenvalue weighted by Gasteiger charge is 2.11. The lowest BCUT2D eigenvalue weighted by Crippen LogP contribution is -2.00. The van der Waals surface area contributed by atoms with E-state index in [1.54, 1.807) is 12.1 Å². The molecule has 0 saturated heterocycles. The number of rotatable bonds is 2. The normalized spacial score (nSPS) is 10.4. The molecule has 2 aromatic carbocycles. The van der Waals surface area contributed by atoms with Crippen LogP contribution in [-0.2, 0) is 0 Å². The average Bonchev–Trinajstić information content (AvgIpc) is 2.25. The number of aryl methyl sites for hydroxylation is 1. The summed E-state index contributed by atoms with van der Waals surface area (Å²) in [7, 11) is 0. The van der Waals surface area contributed by atoms with Crippen molar-refractivity contribution in [1.82, 2.24) is 0 Å². The summed E-state index contributed by atoms with van der Waals surface area (Å²) in [6.07, 6.45) is 0. The Labute approximate surface area is 108 Å². The Morgan fingerprint density at radius 1 is 1.17 bits per heavy atom. The highest BCUT2D eigenvalue weighted by Crippen LogP contribution is 2.31. The second kappa shape index (κ2) is 4.82. The van der Waals surface area contributed by atoms with Gasteiger partial charge in [-0.2, -0.15) is 0 Å². The van der Waals surface area contributed by atoms with Crippen molar-refractivity contribution in [3.05, 3.63) is 52.6 Å². The van der Waals surface area contributed by atoms with E-state index >= 15 is 0 Å². The van der Waals surface area contributed by atoms with E-state index in [1.165, 1.54) is 0 Å². The molecule has 2 nitrogen and oxygen atoms in total. The van der Waals surface area contributed by atoms with Crippen LogP contribution in [0.1, 0.15) is 5.56 Å². The fourth-order valence-electron chi connectivity index (χ4n) is 1.59. The number of hydrogen-bond donors (Lipinski definition) is 2. The van der Waals surface area contributed by atoms with Crippen molar-refractivity contribution in [1.29, 1.82) is 0 Å². The molecule has 2 aromatic rings. The van der Waals surface area contributed by atoms with Crippen LogP contribution in [-0.4, -0.2) is 0 Å². The van der Waals surface area contributed by atoms with Crippen LogP contribution in [0.25, 0.3) is 0 Å². The molecule has 0 aliphatic carbocycles. The molecule has 2 rings (SSSR count). The summed E-state index contributed by atoms with van der Waals surface area (Å²) in [5.41, 5.74) is 7.78. The van der Waals surface area contributed by atoms with E-state index in [2.05, 4.69) is 5.32 Å². The Hall–Kier alpha value is -1.81. The third-order valence-corrected chi connectivity index (χ3v) is 2.77. The zero-order valence-corrected chi connectivity index (χ0v) is 10.4. The number of nitrogens with two attached hydrogens (primary N) is 1. The van der Waals surface area contributed by atoms with E-state index in [0.717, 1.165) is 17.7 Å². The van der Waals surface area contributed by atoms with Gasteiger partial charge < -0.3 is 11.1 Å². The number of halogens is 3. The molecule has 18 heavy (non-hydrogen) atoms. The van der Waals surface area contributed by atoms with Crippen LogP contribution >= 0.6 is 11.6 Å². The highest BCUT2D eigenvalue weighted by molar-refractivity contribution is 6.33. The van der Waals surface area contributed by atoms with Gasteiger partial charge in [0, 0.05) is 6.07 Å². The number of nitrogens with one attached hydrogen (secondary N) is 1. The Morgan fingerprint density at radius 2 is 1.89 bits per heavy atom. The van der Waals surface area contributed by atoms with E-state index in [1.807, 2.05) is 13.0 Å². The van der Waals surface area contributed by atoms with Gasteiger partial charge in [-0.05, 0) is 30.7 Å². The Kier molecular flexibility index (Phi) is 3.39. The largest absolute Gasteiger partial charge is 0.397 e. The summed E-state index contributed by atoms with van der Waals surface area (Å²) in [5.74, 6) is -1.49. The first-order valence-corrected chi connectivity index (χ1v) is 5.63. The zero-order chi connectivity index (χ0) is 13.3. The fraction of sp³-hybridized carbons (Fsp3) is 0.0769. The summed E-state index contributed by atoms with van der Waals surface area (Å²) in [5, 5.41) is 2.73. The molecule has 0 heterocycles. The second-order valence-electron chi connectivity index (χ2n) is 3.96. The molecular formula is C13H11ClF2N2. The van der Waals surface area contributed by atoms with Gasteiger partial charge in [0.25, 0.3) is 0 Å². The molecule has 0 saturated carbocycles. The van der Waals surface area contributed by atoms with Crippen LogP contribution in [0, 0.1) is 18.6 Å². The van der Waals surface area contributed by atoms with Crippen molar-refractivity contribution in [2.75, 3.05) is 11.1 Å². The van der Waals surface area contributed by atoms with E-state index in [0.29, 0.717) is 11.4 Å². The van der Waals surface area contributed by atoms with Crippen molar-refractivity contribution in [3.63, 3.8) is 0 Å². The first kappa shape index (κ1) is 12.6. The maximum absolute atomic E-state index is 13.6. The summed E-state index contributed by atoms with van der Waals surface area (Å²) >= 11 is 5.78. The van der Waals surface area contributed by atoms with Crippen LogP contribution in [0.5, 0.6) is 0 Å². The molecule has 0 radical (unpaired) electrons. The molecule has 3 N–H and O–H groups in total. The molecule has 94 valence electrons. The first-order chi connectivity index (χ1) is 8.47. The van der Waals surface area contributed by atoms with Gasteiger partial charge in [0.15, 0.2) is 5.82 Å². The third-order valence-electron chi connectivity index (χ3n) is 2.47. The molecule has 0 aliphatic heterocycles. The van der Waals surface area contributed by atoms with Crippen LogP contribution in [0.15, 0.2) is 30.3 Å². The Balaban J connectivity index is 2.40. The van der Waals surface area contributed by atoms with Crippen LogP contribution in [0.2, 0.25) is 5.02 Å². The topological polar surface area (TPSA) is 38.0 Å². The van der Waals surface area contributed by atoms with Crippen molar-refractivity contribution in [2.45, 2.75) is 6.92 Å². The quantitative estimate of drug-likeness (QED) is 0.799. The lowest BCUT2D eigenvalue weighted by atomic mass is 10.2. The zero-order valence-electron chi connectivity index (χ0n) is 9.60. The number of hydrogen-bond acceptors (Lipinski definition) is 2. The van der Waals surface area contributed by atoms with Crippen LogP contribution in [0.3, 0.4) is 0 Å². The molecule has 0 unspecified atom stereocenters. The molecule has 0 aliphatic rings. The summed E-state index contributed by atoms with van der Waals surface area (Å²) in [6.45, 7) is 1.89. The monoisotopic (exact) mass is 268 g/mol. The van der Waals surface area contributed by atoms with E-state index in [-0.39, 0.29) is 10.7 Å². The standard InChI is InChI=1S/C13H11ClF2N2/c1-7-2-3-12(11(17)4-7)18-13-9(14)5-8(15)6-10(13)16/h2-6,18H,17H2,1H3. The number of benzene rings is 2. The van der Waals surface area contributed by atoms with Gasteiger partial charge in [-0.3, -0.25) is 0 Å². The SMILES string of the molecule is Cc1ccc(Nc2c(F)cc(F)cc2Cl)c(N)c1. The van der Waals surface area contributed by atoms with Crippen LogP contribution < -0.4 is 11.1 Å². The molecule has 0 aromatic heterocycles. The van der Waals surface area contributed by atoms with Gasteiger partial charge >= 0.3 is 0 Å². The minimum Gasteiger partial charge on any atom is -0.397 e. The first-order valence-electron chi connectivity index (χ1n) is 5.25. The van der Waals surface area contributed by atoms with Gasteiger partial charge in [-0.15, -0.1) is 0 Å². The van der Waals surface area contributed by atoms with Gasteiger partial charge in [0.2, 0.25) is 0 Å². The van der Waals surface area contributed by atoms with Crippen molar-refractivity contribution >= 4 is 28.7 Å². The van der Waals surface area contributed by atoms with Crippen molar-refractivity contribution in [2.24, 2.45) is 0 Å². The molecule has 0 amide bonds. The Bertz CT molecular complexity index is 577.